The van der Waals surface area contributed by atoms with E-state index < -0.39 is 0 Å². The van der Waals surface area contributed by atoms with Gasteiger partial charge in [-0.15, -0.1) is 11.3 Å². The summed E-state index contributed by atoms with van der Waals surface area (Å²) in [5.74, 6) is 0. The molecule has 0 atom stereocenters. The average molecular weight is 223 g/mol. The van der Waals surface area contributed by atoms with Gasteiger partial charge in [0, 0.05) is 10.3 Å². The van der Waals surface area contributed by atoms with Crippen molar-refractivity contribution in [3.63, 3.8) is 0 Å². The summed E-state index contributed by atoms with van der Waals surface area (Å²) in [6, 6.07) is 0. The van der Waals surface area contributed by atoms with Crippen molar-refractivity contribution >= 4 is 22.6 Å². The van der Waals surface area contributed by atoms with E-state index in [1.165, 1.54) is 28.8 Å². The molecular weight excluding hydrogens is 206 g/mol. The van der Waals surface area contributed by atoms with Gasteiger partial charge in [-0.25, -0.2) is 0 Å². The molecule has 0 amide bonds. The maximum Gasteiger partial charge on any atom is 0.125 e. The highest BCUT2D eigenvalue weighted by atomic mass is 32.1. The van der Waals surface area contributed by atoms with E-state index in [9.17, 15) is 4.79 Å². The Kier molecular flexibility index (Phi) is 2.59. The van der Waals surface area contributed by atoms with Crippen LogP contribution in [0.5, 0.6) is 0 Å². The molecule has 0 spiro atoms. The minimum absolute atomic E-state index is 0.286. The standard InChI is InChI=1S/C12H17NOS/c1-12(2,7-14)6-9-8-4-3-5-10(8)15-11(9)13/h7H,3-6,13H2,1-2H3. The van der Waals surface area contributed by atoms with Crippen LogP contribution in [-0.4, -0.2) is 6.29 Å². The first-order valence-corrected chi connectivity index (χ1v) is 6.20. The summed E-state index contributed by atoms with van der Waals surface area (Å²) in [5, 5.41) is 0.926. The van der Waals surface area contributed by atoms with Crippen LogP contribution < -0.4 is 5.73 Å². The number of carbonyl (C=O) groups excluding carboxylic acids is 1. The molecule has 15 heavy (non-hydrogen) atoms. The number of hydrogen-bond donors (Lipinski definition) is 1. The number of hydrogen-bond acceptors (Lipinski definition) is 3. The molecule has 1 heterocycles. The lowest BCUT2D eigenvalue weighted by Gasteiger charge is -2.17. The Balaban J connectivity index is 2.32. The number of nitrogen functional groups attached to an aromatic ring is 1. The largest absolute Gasteiger partial charge is 0.390 e. The van der Waals surface area contributed by atoms with Gasteiger partial charge in [-0.3, -0.25) is 0 Å². The SMILES string of the molecule is CC(C)(C=O)Cc1c(N)sc2c1CCC2. The van der Waals surface area contributed by atoms with Crippen molar-refractivity contribution in [2.24, 2.45) is 5.41 Å². The number of rotatable bonds is 3. The van der Waals surface area contributed by atoms with Crippen LogP contribution in [-0.2, 0) is 24.1 Å². The fourth-order valence-corrected chi connectivity index (χ4v) is 3.36. The van der Waals surface area contributed by atoms with E-state index in [4.69, 9.17) is 5.73 Å². The van der Waals surface area contributed by atoms with Gasteiger partial charge in [0.2, 0.25) is 0 Å². The summed E-state index contributed by atoms with van der Waals surface area (Å²) in [6.07, 6.45) is 5.38. The van der Waals surface area contributed by atoms with Crippen molar-refractivity contribution in [2.75, 3.05) is 5.73 Å². The van der Waals surface area contributed by atoms with E-state index in [-0.39, 0.29) is 5.41 Å². The molecular formula is C12H17NOS. The Morgan fingerprint density at radius 1 is 1.47 bits per heavy atom. The minimum Gasteiger partial charge on any atom is -0.390 e. The fraction of sp³-hybridized carbons (Fsp3) is 0.583. The normalized spacial score (nSPS) is 15.3. The third kappa shape index (κ3) is 1.93. The smallest absolute Gasteiger partial charge is 0.125 e. The zero-order valence-electron chi connectivity index (χ0n) is 9.30. The molecule has 1 aliphatic rings. The van der Waals surface area contributed by atoms with Gasteiger partial charge in [-0.1, -0.05) is 13.8 Å². The molecule has 0 saturated carbocycles. The van der Waals surface area contributed by atoms with E-state index in [0.717, 1.165) is 24.1 Å². The summed E-state index contributed by atoms with van der Waals surface area (Å²) >= 11 is 1.72. The Morgan fingerprint density at radius 3 is 2.87 bits per heavy atom. The number of fused-ring (bicyclic) bond motifs is 1. The average Bonchev–Trinajstić information content (AvgIpc) is 2.71. The van der Waals surface area contributed by atoms with E-state index in [2.05, 4.69) is 0 Å². The second kappa shape index (κ2) is 3.63. The van der Waals surface area contributed by atoms with Gasteiger partial charge in [0.1, 0.15) is 6.29 Å². The Hall–Kier alpha value is -0.830. The quantitative estimate of drug-likeness (QED) is 0.800. The zero-order chi connectivity index (χ0) is 11.1. The maximum absolute atomic E-state index is 10.9. The van der Waals surface area contributed by atoms with Crippen LogP contribution in [0.2, 0.25) is 0 Å². The van der Waals surface area contributed by atoms with Gasteiger partial charge in [-0.05, 0) is 36.8 Å². The van der Waals surface area contributed by atoms with Crippen molar-refractivity contribution < 1.29 is 4.79 Å². The Bertz CT molecular complexity index is 393. The summed E-state index contributed by atoms with van der Waals surface area (Å²) in [5.41, 5.74) is 8.41. The first-order valence-electron chi connectivity index (χ1n) is 5.39. The van der Waals surface area contributed by atoms with Crippen molar-refractivity contribution in [3.05, 3.63) is 16.0 Å². The number of anilines is 1. The molecule has 0 unspecified atom stereocenters. The summed E-state index contributed by atoms with van der Waals surface area (Å²) < 4.78 is 0. The molecule has 0 bridgehead atoms. The Labute approximate surface area is 94.5 Å². The molecule has 3 heteroatoms. The molecule has 0 aromatic carbocycles. The first kappa shape index (κ1) is 10.7. The van der Waals surface area contributed by atoms with E-state index in [0.29, 0.717) is 0 Å². The van der Waals surface area contributed by atoms with Crippen LogP contribution in [0.4, 0.5) is 5.00 Å². The molecule has 0 radical (unpaired) electrons. The molecule has 1 aliphatic carbocycles. The van der Waals surface area contributed by atoms with Crippen LogP contribution >= 0.6 is 11.3 Å². The van der Waals surface area contributed by atoms with E-state index in [1.54, 1.807) is 11.3 Å². The van der Waals surface area contributed by atoms with Gasteiger partial charge >= 0.3 is 0 Å². The molecule has 82 valence electrons. The lowest BCUT2D eigenvalue weighted by Crippen LogP contribution is -2.17. The van der Waals surface area contributed by atoms with E-state index >= 15 is 0 Å². The summed E-state index contributed by atoms with van der Waals surface area (Å²) in [4.78, 5) is 12.4. The number of carbonyl (C=O) groups is 1. The van der Waals surface area contributed by atoms with Crippen LogP contribution in [0.3, 0.4) is 0 Å². The number of aryl methyl sites for hydroxylation is 1. The lowest BCUT2D eigenvalue weighted by atomic mass is 9.86. The van der Waals surface area contributed by atoms with Gasteiger partial charge < -0.3 is 10.5 Å². The van der Waals surface area contributed by atoms with Crippen molar-refractivity contribution in [1.29, 1.82) is 0 Å². The van der Waals surface area contributed by atoms with Crippen LogP contribution in [0.25, 0.3) is 0 Å². The van der Waals surface area contributed by atoms with Gasteiger partial charge in [0.05, 0.1) is 5.00 Å². The van der Waals surface area contributed by atoms with Crippen LogP contribution in [0.15, 0.2) is 0 Å². The topological polar surface area (TPSA) is 43.1 Å². The number of nitrogens with two attached hydrogens (primary N) is 1. The third-order valence-electron chi connectivity index (χ3n) is 3.01. The van der Waals surface area contributed by atoms with Gasteiger partial charge in [0.25, 0.3) is 0 Å². The van der Waals surface area contributed by atoms with Crippen molar-refractivity contribution in [2.45, 2.75) is 39.5 Å². The monoisotopic (exact) mass is 223 g/mol. The fourth-order valence-electron chi connectivity index (χ4n) is 2.18. The second-order valence-electron chi connectivity index (χ2n) is 4.98. The second-order valence-corrected chi connectivity index (χ2v) is 6.12. The van der Waals surface area contributed by atoms with Crippen LogP contribution in [0.1, 0.15) is 36.3 Å². The highest BCUT2D eigenvalue weighted by molar-refractivity contribution is 7.16. The molecule has 1 aromatic rings. The predicted molar refractivity (Wildman–Crippen MR) is 64.3 cm³/mol. The zero-order valence-corrected chi connectivity index (χ0v) is 10.1. The lowest BCUT2D eigenvalue weighted by molar-refractivity contribution is -0.114. The number of thiophene rings is 1. The van der Waals surface area contributed by atoms with Crippen molar-refractivity contribution in [3.8, 4) is 0 Å². The molecule has 1 aromatic heterocycles. The molecule has 2 nitrogen and oxygen atoms in total. The first-order chi connectivity index (χ1) is 7.03. The van der Waals surface area contributed by atoms with Gasteiger partial charge in [-0.2, -0.15) is 0 Å². The summed E-state index contributed by atoms with van der Waals surface area (Å²) in [6.45, 7) is 3.94. The highest BCUT2D eigenvalue weighted by Gasteiger charge is 2.26. The third-order valence-corrected chi connectivity index (χ3v) is 4.18. The highest BCUT2D eigenvalue weighted by Crippen LogP contribution is 2.39. The maximum atomic E-state index is 10.9. The van der Waals surface area contributed by atoms with Crippen molar-refractivity contribution in [1.82, 2.24) is 0 Å². The summed E-state index contributed by atoms with van der Waals surface area (Å²) in [7, 11) is 0. The van der Waals surface area contributed by atoms with Gasteiger partial charge in [0.15, 0.2) is 0 Å². The minimum atomic E-state index is -0.286. The predicted octanol–water partition coefficient (Wildman–Crippen LogP) is 2.59. The molecule has 0 saturated heterocycles. The molecule has 2 N–H and O–H groups in total. The van der Waals surface area contributed by atoms with E-state index in [1.807, 2.05) is 13.8 Å². The molecule has 2 rings (SSSR count). The number of aldehydes is 1. The molecule has 0 aliphatic heterocycles. The Morgan fingerprint density at radius 2 is 2.20 bits per heavy atom. The molecule has 0 fully saturated rings. The van der Waals surface area contributed by atoms with Crippen LogP contribution in [0, 0.1) is 5.41 Å².